The molecule has 156 valence electrons. The molecule has 0 spiro atoms. The summed E-state index contributed by atoms with van der Waals surface area (Å²) in [5.41, 5.74) is 1.72. The van der Waals surface area contributed by atoms with Gasteiger partial charge in [0.1, 0.15) is 12.2 Å². The molecule has 0 saturated heterocycles. The number of fused-ring (bicyclic) bond motifs is 5. The van der Waals surface area contributed by atoms with Gasteiger partial charge < -0.3 is 9.47 Å². The lowest BCUT2D eigenvalue weighted by molar-refractivity contribution is -0.158. The van der Waals surface area contributed by atoms with E-state index in [0.717, 1.165) is 37.5 Å². The van der Waals surface area contributed by atoms with Crippen LogP contribution in [0.1, 0.15) is 85.0 Å². The zero-order valence-electron chi connectivity index (χ0n) is 17.7. The topological polar surface area (TPSA) is 52.6 Å². The highest BCUT2D eigenvalue weighted by Crippen LogP contribution is 2.62. The molecule has 0 bridgehead atoms. The third kappa shape index (κ3) is 3.41. The van der Waals surface area contributed by atoms with Gasteiger partial charge in [-0.3, -0.25) is 9.59 Å². The van der Waals surface area contributed by atoms with E-state index >= 15 is 0 Å². The van der Waals surface area contributed by atoms with E-state index in [1.165, 1.54) is 25.7 Å². The number of carbonyl (C=O) groups is 2. The standard InChI is InChI=1S/C24H36O4/c1-4-22(25)27-16-7-9-17-15(14-16)6-8-19-18(17)12-13-24(3)20(19)10-11-21(24)28-23(26)5-2/h14,16-21H,4-13H2,1-3H3/t16-,17?,18+,19+,20-,21-,24-/m0/s1. The van der Waals surface area contributed by atoms with E-state index in [2.05, 4.69) is 13.0 Å². The molecule has 4 nitrogen and oxygen atoms in total. The highest BCUT2D eigenvalue weighted by Gasteiger charge is 2.57. The quantitative estimate of drug-likeness (QED) is 0.490. The number of carbonyl (C=O) groups excluding carboxylic acids is 2. The van der Waals surface area contributed by atoms with E-state index < -0.39 is 0 Å². The lowest BCUT2D eigenvalue weighted by Crippen LogP contribution is -2.48. The van der Waals surface area contributed by atoms with Gasteiger partial charge in [0.25, 0.3) is 0 Å². The van der Waals surface area contributed by atoms with Crippen molar-refractivity contribution in [1.29, 1.82) is 0 Å². The Bertz CT molecular complexity index is 653. The maximum absolute atomic E-state index is 11.9. The number of esters is 2. The molecule has 4 heteroatoms. The summed E-state index contributed by atoms with van der Waals surface area (Å²) in [5, 5.41) is 0. The van der Waals surface area contributed by atoms with Gasteiger partial charge in [0.2, 0.25) is 0 Å². The molecule has 0 amide bonds. The highest BCUT2D eigenvalue weighted by molar-refractivity contribution is 5.69. The van der Waals surface area contributed by atoms with E-state index in [9.17, 15) is 9.59 Å². The Morgan fingerprint density at radius 3 is 2.46 bits per heavy atom. The SMILES string of the molecule is CCC(=O)O[C@@H]1C=C2CC[C@@H]3[C@H](CC[C@]4(C)[C@@H](OC(=O)CC)CC[C@@H]34)C2CC1. The first-order chi connectivity index (χ1) is 13.5. The molecule has 0 aromatic carbocycles. The molecule has 0 aromatic rings. The Morgan fingerprint density at radius 2 is 1.71 bits per heavy atom. The summed E-state index contributed by atoms with van der Waals surface area (Å²) < 4.78 is 11.5. The maximum atomic E-state index is 11.9. The fourth-order valence-electron chi connectivity index (χ4n) is 7.03. The van der Waals surface area contributed by atoms with Crippen molar-refractivity contribution in [1.82, 2.24) is 0 Å². The van der Waals surface area contributed by atoms with Crippen LogP contribution >= 0.6 is 0 Å². The smallest absolute Gasteiger partial charge is 0.306 e. The Morgan fingerprint density at radius 1 is 0.964 bits per heavy atom. The molecule has 0 heterocycles. The Balaban J connectivity index is 1.47. The Hall–Kier alpha value is -1.32. The van der Waals surface area contributed by atoms with Gasteiger partial charge in [-0.1, -0.05) is 26.3 Å². The fraction of sp³-hybridized carbons (Fsp3) is 0.833. The first kappa shape index (κ1) is 20.0. The summed E-state index contributed by atoms with van der Waals surface area (Å²) in [7, 11) is 0. The van der Waals surface area contributed by atoms with Crippen LogP contribution in [0.15, 0.2) is 11.6 Å². The van der Waals surface area contributed by atoms with Gasteiger partial charge in [0.05, 0.1) is 0 Å². The van der Waals surface area contributed by atoms with E-state index in [-0.39, 0.29) is 29.6 Å². The summed E-state index contributed by atoms with van der Waals surface area (Å²) in [5.74, 6) is 2.78. The van der Waals surface area contributed by atoms with Crippen LogP contribution in [0.5, 0.6) is 0 Å². The van der Waals surface area contributed by atoms with Crippen molar-refractivity contribution in [3.05, 3.63) is 11.6 Å². The number of ether oxygens (including phenoxy) is 2. The molecule has 4 aliphatic rings. The largest absolute Gasteiger partial charge is 0.462 e. The zero-order valence-corrected chi connectivity index (χ0v) is 17.7. The lowest BCUT2D eigenvalue weighted by atomic mass is 9.52. The van der Waals surface area contributed by atoms with E-state index in [1.807, 2.05) is 13.8 Å². The molecule has 0 aromatic heterocycles. The molecule has 3 fully saturated rings. The summed E-state index contributed by atoms with van der Waals surface area (Å²) in [6, 6.07) is 0. The van der Waals surface area contributed by atoms with E-state index in [0.29, 0.717) is 24.7 Å². The predicted molar refractivity (Wildman–Crippen MR) is 107 cm³/mol. The van der Waals surface area contributed by atoms with Crippen LogP contribution in [0.3, 0.4) is 0 Å². The number of rotatable bonds is 4. The second kappa shape index (κ2) is 7.84. The molecule has 4 rings (SSSR count). The normalized spacial score (nSPS) is 41.9. The average molecular weight is 389 g/mol. The van der Waals surface area contributed by atoms with Crippen molar-refractivity contribution in [2.24, 2.45) is 29.1 Å². The maximum Gasteiger partial charge on any atom is 0.306 e. The van der Waals surface area contributed by atoms with Crippen LogP contribution in [0.25, 0.3) is 0 Å². The van der Waals surface area contributed by atoms with Gasteiger partial charge in [-0.2, -0.15) is 0 Å². The van der Waals surface area contributed by atoms with Gasteiger partial charge in [-0.05, 0) is 81.1 Å². The molecule has 0 N–H and O–H groups in total. The number of hydrogen-bond acceptors (Lipinski definition) is 4. The molecule has 4 aliphatic carbocycles. The van der Waals surface area contributed by atoms with Crippen molar-refractivity contribution < 1.29 is 19.1 Å². The molecular weight excluding hydrogens is 352 g/mol. The second-order valence-corrected chi connectivity index (χ2v) is 9.73. The number of allylic oxidation sites excluding steroid dienone is 1. The first-order valence-electron chi connectivity index (χ1n) is 11.6. The summed E-state index contributed by atoms with van der Waals surface area (Å²) in [6.45, 7) is 6.13. The summed E-state index contributed by atoms with van der Waals surface area (Å²) in [6.07, 6.45) is 12.5. The van der Waals surface area contributed by atoms with Gasteiger partial charge in [-0.15, -0.1) is 0 Å². The summed E-state index contributed by atoms with van der Waals surface area (Å²) >= 11 is 0. The molecular formula is C24H36O4. The molecule has 1 unspecified atom stereocenters. The zero-order chi connectivity index (χ0) is 19.9. The van der Waals surface area contributed by atoms with Gasteiger partial charge in [-0.25, -0.2) is 0 Å². The van der Waals surface area contributed by atoms with Gasteiger partial charge in [0, 0.05) is 18.3 Å². The molecule has 7 atom stereocenters. The van der Waals surface area contributed by atoms with Crippen molar-refractivity contribution in [2.75, 3.05) is 0 Å². The monoisotopic (exact) mass is 388 g/mol. The lowest BCUT2D eigenvalue weighted by Gasteiger charge is -2.53. The van der Waals surface area contributed by atoms with Crippen LogP contribution < -0.4 is 0 Å². The van der Waals surface area contributed by atoms with Crippen LogP contribution in [-0.4, -0.2) is 24.1 Å². The minimum absolute atomic E-state index is 0.00609. The molecule has 3 saturated carbocycles. The molecule has 28 heavy (non-hydrogen) atoms. The molecule has 0 radical (unpaired) electrons. The molecule has 0 aliphatic heterocycles. The van der Waals surface area contributed by atoms with E-state index in [4.69, 9.17) is 9.47 Å². The minimum Gasteiger partial charge on any atom is -0.462 e. The number of hydrogen-bond donors (Lipinski definition) is 0. The van der Waals surface area contributed by atoms with Crippen LogP contribution in [0.4, 0.5) is 0 Å². The van der Waals surface area contributed by atoms with Crippen LogP contribution in [0, 0.1) is 29.1 Å². The highest BCUT2D eigenvalue weighted by atomic mass is 16.5. The van der Waals surface area contributed by atoms with Crippen molar-refractivity contribution in [3.63, 3.8) is 0 Å². The fourth-order valence-corrected chi connectivity index (χ4v) is 7.03. The van der Waals surface area contributed by atoms with Crippen molar-refractivity contribution >= 4 is 11.9 Å². The van der Waals surface area contributed by atoms with Gasteiger partial charge in [0.15, 0.2) is 0 Å². The van der Waals surface area contributed by atoms with Crippen molar-refractivity contribution in [2.45, 2.75) is 97.2 Å². The first-order valence-corrected chi connectivity index (χ1v) is 11.6. The Labute approximate surface area is 169 Å². The van der Waals surface area contributed by atoms with E-state index in [1.54, 1.807) is 5.57 Å². The Kier molecular flexibility index (Phi) is 5.59. The minimum atomic E-state index is -0.0824. The van der Waals surface area contributed by atoms with Crippen LogP contribution in [-0.2, 0) is 19.1 Å². The van der Waals surface area contributed by atoms with Crippen molar-refractivity contribution in [3.8, 4) is 0 Å². The van der Waals surface area contributed by atoms with Crippen LogP contribution in [0.2, 0.25) is 0 Å². The van der Waals surface area contributed by atoms with Gasteiger partial charge >= 0.3 is 11.9 Å². The third-order valence-electron chi connectivity index (χ3n) is 8.46. The third-order valence-corrected chi connectivity index (χ3v) is 8.46. The average Bonchev–Trinajstić information content (AvgIpc) is 3.03. The predicted octanol–water partition coefficient (Wildman–Crippen LogP) is 5.20. The summed E-state index contributed by atoms with van der Waals surface area (Å²) in [4.78, 5) is 23.6. The second-order valence-electron chi connectivity index (χ2n) is 9.73.